The highest BCUT2D eigenvalue weighted by Crippen LogP contribution is 2.16. The normalized spacial score (nSPS) is 12.8. The molecular weight excluding hydrogens is 240 g/mol. The Morgan fingerprint density at radius 2 is 1.05 bits per heavy atom. The molecule has 0 aliphatic rings. The Morgan fingerprint density at radius 1 is 0.600 bits per heavy atom. The molecule has 0 aliphatic heterocycles. The van der Waals surface area contributed by atoms with E-state index in [4.69, 9.17) is 0 Å². The van der Waals surface area contributed by atoms with Crippen LogP contribution in [0.15, 0.2) is 0 Å². The van der Waals surface area contributed by atoms with Crippen molar-refractivity contribution in [1.82, 2.24) is 0 Å². The van der Waals surface area contributed by atoms with Crippen LogP contribution in [0.2, 0.25) is 0 Å². The van der Waals surface area contributed by atoms with Crippen LogP contribution in [-0.4, -0.2) is 0 Å². The first kappa shape index (κ1) is 20.0. The van der Waals surface area contributed by atoms with Crippen molar-refractivity contribution in [3.05, 3.63) is 6.42 Å². The molecule has 0 spiro atoms. The van der Waals surface area contributed by atoms with Crippen LogP contribution in [0.25, 0.3) is 0 Å². The van der Waals surface area contributed by atoms with E-state index in [1.807, 2.05) is 0 Å². The number of hydrogen-bond acceptors (Lipinski definition) is 0. The fourth-order valence-corrected chi connectivity index (χ4v) is 2.88. The molecule has 0 N–H and O–H groups in total. The first-order valence-electron chi connectivity index (χ1n) is 9.64. The van der Waals surface area contributed by atoms with Gasteiger partial charge in [0.15, 0.2) is 0 Å². The predicted octanol–water partition coefficient (Wildman–Crippen LogP) is 7.72. The van der Waals surface area contributed by atoms with Gasteiger partial charge in [-0.25, -0.2) is 0 Å². The Kier molecular flexibility index (Phi) is 17.1. The standard InChI is InChI=1S/C20H41/c1-4-6-8-9-10-11-12-13-14-15-16-17-19-20(3)18-7-5-2/h18,20H,4-17,19H2,1-3H3. The van der Waals surface area contributed by atoms with Gasteiger partial charge in [-0.05, 0) is 12.3 Å². The van der Waals surface area contributed by atoms with Gasteiger partial charge in [-0.1, -0.05) is 117 Å². The quantitative estimate of drug-likeness (QED) is 0.254. The van der Waals surface area contributed by atoms with Gasteiger partial charge in [-0.15, -0.1) is 0 Å². The van der Waals surface area contributed by atoms with Gasteiger partial charge >= 0.3 is 0 Å². The zero-order chi connectivity index (χ0) is 14.9. The maximum absolute atomic E-state index is 2.51. The van der Waals surface area contributed by atoms with E-state index in [1.165, 1.54) is 96.3 Å². The van der Waals surface area contributed by atoms with Crippen LogP contribution in [-0.2, 0) is 0 Å². The average Bonchev–Trinajstić information content (AvgIpc) is 2.46. The third-order valence-corrected chi connectivity index (χ3v) is 4.37. The lowest BCUT2D eigenvalue weighted by atomic mass is 9.97. The van der Waals surface area contributed by atoms with Crippen LogP contribution in [0.1, 0.15) is 117 Å². The lowest BCUT2D eigenvalue weighted by Crippen LogP contribution is -1.95. The molecule has 0 saturated heterocycles. The average molecular weight is 282 g/mol. The molecule has 1 atom stereocenters. The van der Waals surface area contributed by atoms with Crippen LogP contribution in [0, 0.1) is 12.3 Å². The summed E-state index contributed by atoms with van der Waals surface area (Å²) in [6.07, 6.45) is 24.0. The summed E-state index contributed by atoms with van der Waals surface area (Å²) in [4.78, 5) is 0. The van der Waals surface area contributed by atoms with Crippen LogP contribution < -0.4 is 0 Å². The van der Waals surface area contributed by atoms with Crippen molar-refractivity contribution < 1.29 is 0 Å². The van der Waals surface area contributed by atoms with E-state index in [0.29, 0.717) is 0 Å². The van der Waals surface area contributed by atoms with E-state index in [0.717, 1.165) is 5.92 Å². The summed E-state index contributed by atoms with van der Waals surface area (Å²) in [7, 11) is 0. The largest absolute Gasteiger partial charge is 0.0654 e. The van der Waals surface area contributed by atoms with Gasteiger partial charge in [-0.2, -0.15) is 0 Å². The molecule has 0 rings (SSSR count). The Bertz CT molecular complexity index is 161. The molecule has 0 aromatic rings. The molecule has 0 saturated carbocycles. The lowest BCUT2D eigenvalue weighted by molar-refractivity contribution is 0.503. The van der Waals surface area contributed by atoms with Gasteiger partial charge < -0.3 is 0 Å². The Balaban J connectivity index is 3.02. The van der Waals surface area contributed by atoms with E-state index in [2.05, 4.69) is 27.2 Å². The molecule has 121 valence electrons. The molecule has 0 heterocycles. The third kappa shape index (κ3) is 16.1. The lowest BCUT2D eigenvalue weighted by Gasteiger charge is -2.09. The first-order chi connectivity index (χ1) is 9.81. The molecule has 0 amide bonds. The monoisotopic (exact) mass is 281 g/mol. The molecule has 0 aliphatic carbocycles. The molecule has 0 nitrogen and oxygen atoms in total. The van der Waals surface area contributed by atoms with Gasteiger partial charge in [0.25, 0.3) is 0 Å². The molecule has 1 radical (unpaired) electrons. The van der Waals surface area contributed by atoms with E-state index >= 15 is 0 Å². The summed E-state index contributed by atoms with van der Waals surface area (Å²) in [6, 6.07) is 0. The highest BCUT2D eigenvalue weighted by Gasteiger charge is 2.01. The number of rotatable bonds is 16. The maximum Gasteiger partial charge on any atom is -0.0358 e. The minimum Gasteiger partial charge on any atom is -0.0654 e. The van der Waals surface area contributed by atoms with Gasteiger partial charge in [0.2, 0.25) is 0 Å². The fourth-order valence-electron chi connectivity index (χ4n) is 2.88. The minimum absolute atomic E-state index is 0.845. The van der Waals surface area contributed by atoms with Crippen molar-refractivity contribution in [1.29, 1.82) is 0 Å². The molecule has 0 fully saturated rings. The van der Waals surface area contributed by atoms with Crippen molar-refractivity contribution in [2.24, 2.45) is 5.92 Å². The SMILES string of the molecule is CCC[CH]C(C)CCCCCCCCCCCCCC. The summed E-state index contributed by atoms with van der Waals surface area (Å²) < 4.78 is 0. The zero-order valence-electron chi connectivity index (χ0n) is 14.8. The smallest absolute Gasteiger partial charge is 0.0358 e. The van der Waals surface area contributed by atoms with E-state index in [9.17, 15) is 0 Å². The minimum atomic E-state index is 0.845. The van der Waals surface area contributed by atoms with Gasteiger partial charge in [0.1, 0.15) is 0 Å². The van der Waals surface area contributed by atoms with Crippen molar-refractivity contribution >= 4 is 0 Å². The summed E-state index contributed by atoms with van der Waals surface area (Å²) in [6.45, 7) is 6.95. The Hall–Kier alpha value is 0. The molecule has 0 aromatic carbocycles. The van der Waals surface area contributed by atoms with Crippen molar-refractivity contribution in [2.75, 3.05) is 0 Å². The Labute approximate surface area is 130 Å². The maximum atomic E-state index is 2.51. The van der Waals surface area contributed by atoms with Gasteiger partial charge in [0.05, 0.1) is 0 Å². The first-order valence-corrected chi connectivity index (χ1v) is 9.64. The Morgan fingerprint density at radius 3 is 1.50 bits per heavy atom. The summed E-state index contributed by atoms with van der Waals surface area (Å²) in [5.74, 6) is 0.845. The van der Waals surface area contributed by atoms with Crippen LogP contribution in [0.5, 0.6) is 0 Å². The summed E-state index contributed by atoms with van der Waals surface area (Å²) in [5.41, 5.74) is 0. The van der Waals surface area contributed by atoms with E-state index in [1.54, 1.807) is 0 Å². The second-order valence-corrected chi connectivity index (χ2v) is 6.68. The fraction of sp³-hybridized carbons (Fsp3) is 0.950. The van der Waals surface area contributed by atoms with Crippen molar-refractivity contribution in [3.63, 3.8) is 0 Å². The van der Waals surface area contributed by atoms with Gasteiger partial charge in [-0.3, -0.25) is 0 Å². The van der Waals surface area contributed by atoms with Crippen molar-refractivity contribution in [3.8, 4) is 0 Å². The highest BCUT2D eigenvalue weighted by molar-refractivity contribution is 4.71. The van der Waals surface area contributed by atoms with Crippen molar-refractivity contribution in [2.45, 2.75) is 117 Å². The number of hydrogen-bond donors (Lipinski definition) is 0. The van der Waals surface area contributed by atoms with E-state index < -0.39 is 0 Å². The highest BCUT2D eigenvalue weighted by atomic mass is 14.1. The molecule has 20 heavy (non-hydrogen) atoms. The summed E-state index contributed by atoms with van der Waals surface area (Å²) >= 11 is 0. The van der Waals surface area contributed by atoms with Crippen LogP contribution in [0.4, 0.5) is 0 Å². The second kappa shape index (κ2) is 17.1. The van der Waals surface area contributed by atoms with Gasteiger partial charge in [0, 0.05) is 0 Å². The zero-order valence-corrected chi connectivity index (χ0v) is 14.8. The predicted molar refractivity (Wildman–Crippen MR) is 94.1 cm³/mol. The number of unbranched alkanes of at least 4 members (excludes halogenated alkanes) is 12. The second-order valence-electron chi connectivity index (χ2n) is 6.68. The molecule has 0 heteroatoms. The summed E-state index contributed by atoms with van der Waals surface area (Å²) in [5, 5.41) is 0. The third-order valence-electron chi connectivity index (χ3n) is 4.37. The molecule has 0 aromatic heterocycles. The topological polar surface area (TPSA) is 0 Å². The molecule has 1 unspecified atom stereocenters. The van der Waals surface area contributed by atoms with Crippen LogP contribution in [0.3, 0.4) is 0 Å². The molecular formula is C20H41. The van der Waals surface area contributed by atoms with E-state index in [-0.39, 0.29) is 0 Å². The molecule has 0 bridgehead atoms. The van der Waals surface area contributed by atoms with Crippen LogP contribution >= 0.6 is 0 Å².